The number of pyridine rings is 1. The lowest BCUT2D eigenvalue weighted by atomic mass is 9.85. The van der Waals surface area contributed by atoms with Crippen LogP contribution in [-0.2, 0) is 41.6 Å². The average molecular weight is 1060 g/mol. The first-order valence-corrected chi connectivity index (χ1v) is 27.5. The van der Waals surface area contributed by atoms with Gasteiger partial charge in [0.05, 0.1) is 41.4 Å². The molecule has 2 aliphatic rings. The van der Waals surface area contributed by atoms with E-state index in [0.29, 0.717) is 36.6 Å². The summed E-state index contributed by atoms with van der Waals surface area (Å²) in [6.45, 7) is 20.1. The minimum Gasteiger partial charge on any atom is -0.391 e. The highest BCUT2D eigenvalue weighted by Gasteiger charge is 2.45. The van der Waals surface area contributed by atoms with E-state index < -0.39 is 35.4 Å². The van der Waals surface area contributed by atoms with Gasteiger partial charge in [-0.15, -0.1) is 11.3 Å². The van der Waals surface area contributed by atoms with Gasteiger partial charge < -0.3 is 50.1 Å². The van der Waals surface area contributed by atoms with E-state index in [0.717, 1.165) is 82.2 Å². The van der Waals surface area contributed by atoms with Crippen molar-refractivity contribution in [3.63, 3.8) is 0 Å². The van der Waals surface area contributed by atoms with Gasteiger partial charge in [0.15, 0.2) is 0 Å². The van der Waals surface area contributed by atoms with Gasteiger partial charge in [-0.05, 0) is 130 Å². The minimum absolute atomic E-state index is 0.0378. The summed E-state index contributed by atoms with van der Waals surface area (Å²) < 4.78 is 17.3. The number of aryl methyl sites for hydroxylation is 5. The summed E-state index contributed by atoms with van der Waals surface area (Å²) in [4.78, 5) is 80.3. The van der Waals surface area contributed by atoms with Crippen molar-refractivity contribution in [3.8, 4) is 21.6 Å². The number of aromatic amines is 1. The second kappa shape index (κ2) is 26.2. The largest absolute Gasteiger partial charge is 0.391 e. The van der Waals surface area contributed by atoms with E-state index in [1.165, 1.54) is 16.2 Å². The Kier molecular flexibility index (Phi) is 19.8. The molecule has 4 atom stereocenters. The first-order chi connectivity index (χ1) is 36.3. The first-order valence-electron chi connectivity index (χ1n) is 26.6. The number of benzene rings is 3. The van der Waals surface area contributed by atoms with E-state index in [1.54, 1.807) is 11.3 Å². The number of hydrogen-bond donors (Lipinski definition) is 5. The molecule has 76 heavy (non-hydrogen) atoms. The quantitative estimate of drug-likeness (QED) is 0.0426. The first kappa shape index (κ1) is 57.5. The van der Waals surface area contributed by atoms with Crippen molar-refractivity contribution >= 4 is 40.7 Å². The van der Waals surface area contributed by atoms with Gasteiger partial charge in [0, 0.05) is 74.4 Å². The van der Waals surface area contributed by atoms with Gasteiger partial charge in [0.25, 0.3) is 11.5 Å². The summed E-state index contributed by atoms with van der Waals surface area (Å²) in [7, 11) is 0. The lowest BCUT2D eigenvalue weighted by Gasteiger charge is -2.36. The SMILES string of the molecule is CCN(c1cc(-c2ccc(CCCOCCOCC(=O)N[C@H](C(=O)N3C[C@H](O)C[C@H]3C(=O)N[C@@H](C)c3ccc(-c4scnc4C)cc3)C(C)(C)C)c(C(=O)NCc3c(C)cc(C)[nH]c3=O)c2)ccc1C)C1CCOCC1. The van der Waals surface area contributed by atoms with Crippen LogP contribution in [0.15, 0.2) is 77.0 Å². The molecule has 0 unspecified atom stereocenters. The molecule has 3 aromatic carbocycles. The lowest BCUT2D eigenvalue weighted by Crippen LogP contribution is -2.58. The summed E-state index contributed by atoms with van der Waals surface area (Å²) >= 11 is 1.57. The fraction of sp³-hybridized carbons (Fsp3) is 0.492. The molecule has 5 aromatic rings. The molecular weight excluding hydrogens is 983 g/mol. The number of aliphatic hydroxyl groups excluding tert-OH is 1. The van der Waals surface area contributed by atoms with Gasteiger partial charge in [0.1, 0.15) is 18.7 Å². The number of aliphatic hydroxyl groups is 1. The number of amides is 4. The molecule has 0 radical (unpaired) electrons. The summed E-state index contributed by atoms with van der Waals surface area (Å²) in [6, 6.07) is 20.3. The average Bonchev–Trinajstić information content (AvgIpc) is 4.02. The summed E-state index contributed by atoms with van der Waals surface area (Å²) in [6.07, 6.45) is 2.26. The fourth-order valence-corrected chi connectivity index (χ4v) is 11.1. The van der Waals surface area contributed by atoms with Crippen LogP contribution < -0.4 is 26.4 Å². The number of anilines is 1. The molecule has 4 heterocycles. The Hall–Kier alpha value is -6.24. The number of β-amino-alcohol motifs (C(OH)–C–C–N with tert-alkyl or cyclic N) is 1. The van der Waals surface area contributed by atoms with Gasteiger partial charge in [-0.1, -0.05) is 69.3 Å². The van der Waals surface area contributed by atoms with E-state index in [1.807, 2.05) is 96.4 Å². The normalized spacial score (nSPS) is 16.8. The summed E-state index contributed by atoms with van der Waals surface area (Å²) in [5.74, 6) is -1.62. The van der Waals surface area contributed by atoms with Gasteiger partial charge in [-0.2, -0.15) is 0 Å². The van der Waals surface area contributed by atoms with E-state index in [9.17, 15) is 29.1 Å². The van der Waals surface area contributed by atoms with Crippen molar-refractivity contribution < 1.29 is 38.5 Å². The van der Waals surface area contributed by atoms with Crippen LogP contribution in [0.5, 0.6) is 0 Å². The molecule has 2 aromatic heterocycles. The van der Waals surface area contributed by atoms with Crippen LogP contribution in [-0.4, -0.2) is 121 Å². The van der Waals surface area contributed by atoms with Crippen LogP contribution in [0.4, 0.5) is 5.69 Å². The monoisotopic (exact) mass is 1060 g/mol. The zero-order valence-electron chi connectivity index (χ0n) is 45.7. The van der Waals surface area contributed by atoms with Crippen LogP contribution in [0.1, 0.15) is 116 Å². The molecule has 0 aliphatic carbocycles. The highest BCUT2D eigenvalue weighted by atomic mass is 32.1. The maximum Gasteiger partial charge on any atom is 0.253 e. The number of ether oxygens (including phenoxy) is 3. The van der Waals surface area contributed by atoms with E-state index in [4.69, 9.17) is 14.2 Å². The second-order valence-electron chi connectivity index (χ2n) is 21.3. The number of nitrogens with one attached hydrogen (secondary N) is 4. The third kappa shape index (κ3) is 14.6. The highest BCUT2D eigenvalue weighted by Crippen LogP contribution is 2.34. The van der Waals surface area contributed by atoms with Crippen LogP contribution in [0, 0.1) is 33.1 Å². The third-order valence-corrected chi connectivity index (χ3v) is 15.5. The summed E-state index contributed by atoms with van der Waals surface area (Å²) in [5, 5.41) is 19.6. The van der Waals surface area contributed by atoms with Crippen LogP contribution in [0.3, 0.4) is 0 Å². The Labute approximate surface area is 451 Å². The molecule has 5 N–H and O–H groups in total. The Balaban J connectivity index is 0.914. The molecular formula is C59H77N7O9S. The summed E-state index contributed by atoms with van der Waals surface area (Å²) in [5.41, 5.74) is 11.4. The third-order valence-electron chi connectivity index (χ3n) is 14.5. The Morgan fingerprint density at radius 3 is 2.29 bits per heavy atom. The van der Waals surface area contributed by atoms with Gasteiger partial charge >= 0.3 is 0 Å². The number of aromatic nitrogens is 2. The van der Waals surface area contributed by atoms with Crippen molar-refractivity contribution in [2.45, 2.75) is 131 Å². The standard InChI is InChI=1S/C59H77N7O9S/c1-10-65(46-21-24-74-25-22-46)50-30-45(14-13-36(50)2)44-20-17-42(48(29-44)55(69)60-32-49-37(3)28-38(4)62-56(49)70)12-11-23-73-26-27-75-34-52(68)64-54(59(7,8)9)58(72)66-33-47(67)31-51(66)57(71)63-39(5)41-15-18-43(19-16-41)53-40(6)61-35-76-53/h13-20,28-30,35,39,46-47,51,54,67H,10-12,21-27,31-34H2,1-9H3,(H,60,69)(H,62,70)(H,63,71)(H,64,68)/t39-,47+,51-,54+/m0/s1. The van der Waals surface area contributed by atoms with Crippen molar-refractivity contribution in [2.24, 2.45) is 5.41 Å². The lowest BCUT2D eigenvalue weighted by molar-refractivity contribution is -0.144. The molecule has 16 nitrogen and oxygen atoms in total. The van der Waals surface area contributed by atoms with Crippen molar-refractivity contribution in [2.75, 3.05) is 57.6 Å². The van der Waals surface area contributed by atoms with Crippen molar-refractivity contribution in [3.05, 3.63) is 127 Å². The van der Waals surface area contributed by atoms with Crippen LogP contribution in [0.25, 0.3) is 21.6 Å². The molecule has 2 saturated heterocycles. The highest BCUT2D eigenvalue weighted by molar-refractivity contribution is 7.13. The van der Waals surface area contributed by atoms with E-state index in [2.05, 4.69) is 68.9 Å². The van der Waals surface area contributed by atoms with E-state index in [-0.39, 0.29) is 62.7 Å². The Morgan fingerprint density at radius 2 is 1.61 bits per heavy atom. The van der Waals surface area contributed by atoms with Gasteiger partial charge in [-0.25, -0.2) is 4.98 Å². The molecule has 4 amide bonds. The topological polar surface area (TPSA) is 205 Å². The number of nitrogens with zero attached hydrogens (tertiary/aromatic N) is 3. The second-order valence-corrected chi connectivity index (χ2v) is 22.1. The fourth-order valence-electron chi connectivity index (χ4n) is 10.2. The Bertz CT molecular complexity index is 2870. The number of hydrogen-bond acceptors (Lipinski definition) is 12. The number of carbonyl (C=O) groups excluding carboxylic acids is 4. The number of carbonyl (C=O) groups is 4. The number of rotatable bonds is 22. The maximum atomic E-state index is 14.2. The number of likely N-dealkylation sites (tertiary alicyclic amines) is 1. The van der Waals surface area contributed by atoms with Crippen LogP contribution >= 0.6 is 11.3 Å². The zero-order valence-corrected chi connectivity index (χ0v) is 46.5. The smallest absolute Gasteiger partial charge is 0.253 e. The van der Waals surface area contributed by atoms with Gasteiger partial charge in [-0.3, -0.25) is 24.0 Å². The number of thiazole rings is 1. The predicted molar refractivity (Wildman–Crippen MR) is 297 cm³/mol. The molecule has 0 spiro atoms. The van der Waals surface area contributed by atoms with Gasteiger partial charge in [0.2, 0.25) is 17.7 Å². The molecule has 0 bridgehead atoms. The molecule has 7 rings (SSSR count). The van der Waals surface area contributed by atoms with Crippen molar-refractivity contribution in [1.82, 2.24) is 30.8 Å². The zero-order chi connectivity index (χ0) is 54.7. The molecule has 408 valence electrons. The minimum atomic E-state index is -1.00. The molecule has 17 heteroatoms. The number of H-pyrrole nitrogens is 1. The predicted octanol–water partition coefficient (Wildman–Crippen LogP) is 7.67. The molecule has 2 aliphatic heterocycles. The molecule has 2 fully saturated rings. The van der Waals surface area contributed by atoms with Crippen LogP contribution in [0.2, 0.25) is 0 Å². The van der Waals surface area contributed by atoms with E-state index >= 15 is 0 Å². The molecule has 0 saturated carbocycles. The Morgan fingerprint density at radius 1 is 0.908 bits per heavy atom. The maximum absolute atomic E-state index is 14.2. The van der Waals surface area contributed by atoms with Crippen molar-refractivity contribution in [1.29, 1.82) is 0 Å².